The zero-order valence-electron chi connectivity index (χ0n) is 6.54. The Kier molecular flexibility index (Phi) is 1.57. The molecule has 1 aliphatic rings. The Labute approximate surface area is 69.8 Å². The number of ketones is 1. The van der Waals surface area contributed by atoms with E-state index < -0.39 is 0 Å². The third-order valence-electron chi connectivity index (χ3n) is 2.05. The van der Waals surface area contributed by atoms with Crippen molar-refractivity contribution < 1.29 is 9.59 Å². The highest BCUT2D eigenvalue weighted by atomic mass is 16.1. The smallest absolute Gasteiger partial charge is 0.182 e. The van der Waals surface area contributed by atoms with E-state index in [1.54, 1.807) is 12.1 Å². The maximum absolute atomic E-state index is 11.4. The number of aromatic amines is 1. The standard InChI is InChI=1S/C9H9NO2/c11-5-7-3-4-8(10-7)9(12)6-1-2-6/h3-6,10H,1-2H2. The largest absolute Gasteiger partial charge is 0.350 e. The first-order valence-corrected chi connectivity index (χ1v) is 3.99. The molecule has 0 bridgehead atoms. The lowest BCUT2D eigenvalue weighted by atomic mass is 10.2. The van der Waals surface area contributed by atoms with E-state index in [-0.39, 0.29) is 11.7 Å². The molecule has 0 atom stereocenters. The highest BCUT2D eigenvalue weighted by molar-refractivity contribution is 5.98. The van der Waals surface area contributed by atoms with Crippen LogP contribution in [0.5, 0.6) is 0 Å². The summed E-state index contributed by atoms with van der Waals surface area (Å²) in [5.41, 5.74) is 1.04. The summed E-state index contributed by atoms with van der Waals surface area (Å²) in [6.45, 7) is 0. The molecule has 1 aromatic heterocycles. The lowest BCUT2D eigenvalue weighted by molar-refractivity contribution is 0.0963. The SMILES string of the molecule is O=Cc1ccc(C(=O)C2CC2)[nH]1. The van der Waals surface area contributed by atoms with Crippen LogP contribution in [0.1, 0.15) is 33.8 Å². The molecule has 0 unspecified atom stereocenters. The highest BCUT2D eigenvalue weighted by Gasteiger charge is 2.30. The summed E-state index contributed by atoms with van der Waals surface area (Å²) in [5, 5.41) is 0. The molecule has 3 nitrogen and oxygen atoms in total. The van der Waals surface area contributed by atoms with E-state index in [0.29, 0.717) is 17.7 Å². The Balaban J connectivity index is 2.21. The molecule has 1 saturated carbocycles. The van der Waals surface area contributed by atoms with Crippen LogP contribution in [0.2, 0.25) is 0 Å². The molecular formula is C9H9NO2. The topological polar surface area (TPSA) is 49.9 Å². The van der Waals surface area contributed by atoms with E-state index >= 15 is 0 Å². The van der Waals surface area contributed by atoms with Crippen LogP contribution in [-0.4, -0.2) is 17.1 Å². The van der Waals surface area contributed by atoms with Crippen molar-refractivity contribution in [2.45, 2.75) is 12.8 Å². The van der Waals surface area contributed by atoms with Crippen LogP contribution in [0.4, 0.5) is 0 Å². The number of carbonyl (C=O) groups is 2. The number of aromatic nitrogens is 1. The molecule has 1 aromatic rings. The van der Waals surface area contributed by atoms with Gasteiger partial charge >= 0.3 is 0 Å². The molecule has 1 aliphatic carbocycles. The number of carbonyl (C=O) groups excluding carboxylic acids is 2. The number of Topliss-reactive ketones (excluding diaryl/α,β-unsaturated/α-hetero) is 1. The first kappa shape index (κ1) is 7.28. The van der Waals surface area contributed by atoms with Gasteiger partial charge in [-0.25, -0.2) is 0 Å². The molecule has 0 spiro atoms. The Morgan fingerprint density at radius 3 is 2.75 bits per heavy atom. The molecule has 0 aliphatic heterocycles. The molecular weight excluding hydrogens is 154 g/mol. The third-order valence-corrected chi connectivity index (χ3v) is 2.05. The minimum absolute atomic E-state index is 0.142. The maximum atomic E-state index is 11.4. The molecule has 12 heavy (non-hydrogen) atoms. The number of rotatable bonds is 3. The second-order valence-corrected chi connectivity index (χ2v) is 3.08. The Morgan fingerprint density at radius 1 is 1.50 bits per heavy atom. The van der Waals surface area contributed by atoms with E-state index in [9.17, 15) is 9.59 Å². The minimum Gasteiger partial charge on any atom is -0.350 e. The monoisotopic (exact) mass is 163 g/mol. The summed E-state index contributed by atoms with van der Waals surface area (Å²) < 4.78 is 0. The van der Waals surface area contributed by atoms with Gasteiger partial charge in [-0.05, 0) is 25.0 Å². The molecule has 1 N–H and O–H groups in total. The second-order valence-electron chi connectivity index (χ2n) is 3.08. The normalized spacial score (nSPS) is 16.0. The number of aldehydes is 1. The number of hydrogen-bond donors (Lipinski definition) is 1. The zero-order valence-corrected chi connectivity index (χ0v) is 6.54. The van der Waals surface area contributed by atoms with Crippen molar-refractivity contribution in [1.29, 1.82) is 0 Å². The number of H-pyrrole nitrogens is 1. The molecule has 1 heterocycles. The van der Waals surface area contributed by atoms with Crippen LogP contribution in [0.15, 0.2) is 12.1 Å². The van der Waals surface area contributed by atoms with Crippen LogP contribution in [0.25, 0.3) is 0 Å². The van der Waals surface area contributed by atoms with Gasteiger partial charge in [-0.2, -0.15) is 0 Å². The van der Waals surface area contributed by atoms with E-state index in [2.05, 4.69) is 4.98 Å². The maximum Gasteiger partial charge on any atom is 0.182 e. The van der Waals surface area contributed by atoms with Gasteiger partial charge in [0.15, 0.2) is 12.1 Å². The van der Waals surface area contributed by atoms with Gasteiger partial charge in [0.2, 0.25) is 0 Å². The zero-order chi connectivity index (χ0) is 8.55. The Morgan fingerprint density at radius 2 is 2.25 bits per heavy atom. The van der Waals surface area contributed by atoms with E-state index in [0.717, 1.165) is 12.8 Å². The van der Waals surface area contributed by atoms with Gasteiger partial charge in [-0.1, -0.05) is 0 Å². The fourth-order valence-electron chi connectivity index (χ4n) is 1.19. The van der Waals surface area contributed by atoms with Crippen molar-refractivity contribution in [2.75, 3.05) is 0 Å². The van der Waals surface area contributed by atoms with Gasteiger partial charge in [-0.3, -0.25) is 9.59 Å². The quantitative estimate of drug-likeness (QED) is 0.541. The molecule has 0 aromatic carbocycles. The molecule has 0 radical (unpaired) electrons. The second kappa shape index (κ2) is 2.59. The molecule has 2 rings (SSSR count). The van der Waals surface area contributed by atoms with Crippen molar-refractivity contribution in [3.63, 3.8) is 0 Å². The summed E-state index contributed by atoms with van der Waals surface area (Å²) in [6, 6.07) is 3.30. The lowest BCUT2D eigenvalue weighted by Gasteiger charge is -1.91. The van der Waals surface area contributed by atoms with Crippen LogP contribution < -0.4 is 0 Å². The van der Waals surface area contributed by atoms with Crippen LogP contribution in [-0.2, 0) is 0 Å². The Bertz CT molecular complexity index is 323. The van der Waals surface area contributed by atoms with E-state index in [1.165, 1.54) is 0 Å². The average Bonchev–Trinajstić information content (AvgIpc) is 2.82. The van der Waals surface area contributed by atoms with Crippen molar-refractivity contribution in [3.8, 4) is 0 Å². The van der Waals surface area contributed by atoms with Gasteiger partial charge in [0, 0.05) is 5.92 Å². The van der Waals surface area contributed by atoms with Gasteiger partial charge < -0.3 is 4.98 Å². The Hall–Kier alpha value is -1.38. The molecule has 62 valence electrons. The predicted octanol–water partition coefficient (Wildman–Crippen LogP) is 1.42. The summed E-state index contributed by atoms with van der Waals surface area (Å²) in [7, 11) is 0. The van der Waals surface area contributed by atoms with Gasteiger partial charge in [0.25, 0.3) is 0 Å². The molecule has 1 fully saturated rings. The van der Waals surface area contributed by atoms with Gasteiger partial charge in [0.1, 0.15) is 0 Å². The van der Waals surface area contributed by atoms with Crippen LogP contribution in [0.3, 0.4) is 0 Å². The lowest BCUT2D eigenvalue weighted by Crippen LogP contribution is -2.01. The molecule has 3 heteroatoms. The van der Waals surface area contributed by atoms with Crippen molar-refractivity contribution in [1.82, 2.24) is 4.98 Å². The highest BCUT2D eigenvalue weighted by Crippen LogP contribution is 2.32. The van der Waals surface area contributed by atoms with E-state index in [4.69, 9.17) is 0 Å². The molecule has 0 saturated heterocycles. The first-order chi connectivity index (χ1) is 5.81. The summed E-state index contributed by atoms with van der Waals surface area (Å²) >= 11 is 0. The van der Waals surface area contributed by atoms with Crippen molar-refractivity contribution in [2.24, 2.45) is 5.92 Å². The summed E-state index contributed by atoms with van der Waals surface area (Å²) in [5.74, 6) is 0.353. The van der Waals surface area contributed by atoms with Crippen LogP contribution in [0, 0.1) is 5.92 Å². The average molecular weight is 163 g/mol. The van der Waals surface area contributed by atoms with Crippen molar-refractivity contribution in [3.05, 3.63) is 23.5 Å². The summed E-state index contributed by atoms with van der Waals surface area (Å²) in [4.78, 5) is 24.4. The fraction of sp³-hybridized carbons (Fsp3) is 0.333. The van der Waals surface area contributed by atoms with Gasteiger partial charge in [0.05, 0.1) is 11.4 Å². The predicted molar refractivity (Wildman–Crippen MR) is 43.2 cm³/mol. The number of hydrogen-bond acceptors (Lipinski definition) is 2. The fourth-order valence-corrected chi connectivity index (χ4v) is 1.19. The van der Waals surface area contributed by atoms with Crippen molar-refractivity contribution >= 4 is 12.1 Å². The van der Waals surface area contributed by atoms with E-state index in [1.807, 2.05) is 0 Å². The van der Waals surface area contributed by atoms with Gasteiger partial charge in [-0.15, -0.1) is 0 Å². The first-order valence-electron chi connectivity index (χ1n) is 3.99. The third kappa shape index (κ3) is 1.18. The number of nitrogens with one attached hydrogen (secondary N) is 1. The molecule has 0 amide bonds. The summed E-state index contributed by atoms with van der Waals surface area (Å²) in [6.07, 6.45) is 2.70. The minimum atomic E-state index is 0.142. The van der Waals surface area contributed by atoms with Crippen LogP contribution >= 0.6 is 0 Å².